The van der Waals surface area contributed by atoms with Crippen molar-refractivity contribution >= 4 is 40.9 Å². The van der Waals surface area contributed by atoms with Crippen LogP contribution in [0.4, 0.5) is 5.69 Å². The molecule has 2 saturated heterocycles. The molecular formula is C22H20ClN3O2S. The number of nitriles is 1. The Morgan fingerprint density at radius 1 is 1.34 bits per heavy atom. The number of halogens is 1. The Balaban J connectivity index is 1.52. The molecule has 0 bridgehead atoms. The van der Waals surface area contributed by atoms with E-state index in [0.29, 0.717) is 28.4 Å². The Morgan fingerprint density at radius 2 is 2.10 bits per heavy atom. The average Bonchev–Trinajstić information content (AvgIpc) is 3.21. The van der Waals surface area contributed by atoms with Gasteiger partial charge in [-0.05, 0) is 36.6 Å². The van der Waals surface area contributed by atoms with Crippen molar-refractivity contribution in [2.75, 3.05) is 11.1 Å². The summed E-state index contributed by atoms with van der Waals surface area (Å²) in [4.78, 5) is 26.5. The molecule has 2 aromatic carbocycles. The fraction of sp³-hybridized carbons (Fsp3) is 0.318. The first kappa shape index (κ1) is 19.8. The van der Waals surface area contributed by atoms with Crippen molar-refractivity contribution in [1.29, 1.82) is 5.26 Å². The molecule has 29 heavy (non-hydrogen) atoms. The van der Waals surface area contributed by atoms with Crippen LogP contribution in [-0.4, -0.2) is 33.4 Å². The Labute approximate surface area is 179 Å². The van der Waals surface area contributed by atoms with Crippen LogP contribution in [0.25, 0.3) is 0 Å². The first-order valence-corrected chi connectivity index (χ1v) is 10.8. The Morgan fingerprint density at radius 3 is 2.79 bits per heavy atom. The van der Waals surface area contributed by atoms with Gasteiger partial charge in [0, 0.05) is 22.9 Å². The summed E-state index contributed by atoms with van der Waals surface area (Å²) < 4.78 is 0. The van der Waals surface area contributed by atoms with Gasteiger partial charge in [0.25, 0.3) is 0 Å². The van der Waals surface area contributed by atoms with Crippen molar-refractivity contribution in [2.45, 2.75) is 36.6 Å². The van der Waals surface area contributed by atoms with Crippen LogP contribution in [0.5, 0.6) is 0 Å². The second kappa shape index (κ2) is 7.74. The van der Waals surface area contributed by atoms with Crippen molar-refractivity contribution in [1.82, 2.24) is 4.90 Å². The summed E-state index contributed by atoms with van der Waals surface area (Å²) in [5, 5.41) is 12.9. The van der Waals surface area contributed by atoms with Crippen LogP contribution in [0.1, 0.15) is 36.8 Å². The van der Waals surface area contributed by atoms with Crippen LogP contribution >= 0.6 is 23.4 Å². The van der Waals surface area contributed by atoms with Crippen molar-refractivity contribution in [3.8, 4) is 6.07 Å². The number of nitrogens with zero attached hydrogens (tertiary/aromatic N) is 2. The van der Waals surface area contributed by atoms with Gasteiger partial charge in [-0.1, -0.05) is 48.0 Å². The quantitative estimate of drug-likeness (QED) is 0.788. The van der Waals surface area contributed by atoms with Gasteiger partial charge in [-0.25, -0.2) is 0 Å². The van der Waals surface area contributed by atoms with Crippen LogP contribution in [0.3, 0.4) is 0 Å². The molecule has 148 valence electrons. The highest BCUT2D eigenvalue weighted by Gasteiger charge is 2.52. The molecule has 3 unspecified atom stereocenters. The van der Waals surface area contributed by atoms with Gasteiger partial charge in [-0.15, -0.1) is 11.8 Å². The van der Waals surface area contributed by atoms with E-state index in [2.05, 4.69) is 11.4 Å². The average molecular weight is 426 g/mol. The van der Waals surface area contributed by atoms with E-state index in [4.69, 9.17) is 11.6 Å². The third kappa shape index (κ3) is 3.61. The molecule has 7 heteroatoms. The number of hydrogen-bond donors (Lipinski definition) is 1. The van der Waals surface area contributed by atoms with Gasteiger partial charge in [0.05, 0.1) is 16.9 Å². The minimum absolute atomic E-state index is 0.0331. The monoisotopic (exact) mass is 425 g/mol. The van der Waals surface area contributed by atoms with E-state index in [1.54, 1.807) is 34.9 Å². The molecule has 2 amide bonds. The van der Waals surface area contributed by atoms with Crippen molar-refractivity contribution in [3.63, 3.8) is 0 Å². The lowest BCUT2D eigenvalue weighted by Crippen LogP contribution is -2.48. The number of hydrogen-bond acceptors (Lipinski definition) is 4. The van der Waals surface area contributed by atoms with Gasteiger partial charge in [0.15, 0.2) is 0 Å². The maximum absolute atomic E-state index is 12.8. The third-order valence-corrected chi connectivity index (χ3v) is 7.42. The van der Waals surface area contributed by atoms with E-state index in [-0.39, 0.29) is 16.7 Å². The summed E-state index contributed by atoms with van der Waals surface area (Å²) >= 11 is 8.12. The predicted molar refractivity (Wildman–Crippen MR) is 115 cm³/mol. The zero-order valence-electron chi connectivity index (χ0n) is 15.9. The summed E-state index contributed by atoms with van der Waals surface area (Å²) in [6.45, 7) is 2.02. The molecule has 2 aromatic rings. The van der Waals surface area contributed by atoms with Crippen LogP contribution < -0.4 is 5.32 Å². The first-order chi connectivity index (χ1) is 13.9. The highest BCUT2D eigenvalue weighted by Crippen LogP contribution is 2.47. The number of thioether (sulfide) groups is 1. The zero-order valence-corrected chi connectivity index (χ0v) is 17.5. The lowest BCUT2D eigenvalue weighted by molar-refractivity contribution is -0.135. The normalized spacial score (nSPS) is 24.1. The molecule has 0 aliphatic carbocycles. The number of amides is 2. The molecule has 0 aromatic heterocycles. The fourth-order valence-corrected chi connectivity index (χ4v) is 5.77. The molecule has 5 nitrogen and oxygen atoms in total. The highest BCUT2D eigenvalue weighted by atomic mass is 35.5. The molecule has 3 atom stereocenters. The van der Waals surface area contributed by atoms with Crippen molar-refractivity contribution in [2.24, 2.45) is 0 Å². The van der Waals surface area contributed by atoms with Gasteiger partial charge < -0.3 is 10.2 Å². The SMILES string of the molecule is CC12CCC(=O)N1C(C(=O)Nc1ccc(C(C#N)c3ccccc3)c(Cl)c1)CS2. The maximum atomic E-state index is 12.8. The first-order valence-electron chi connectivity index (χ1n) is 9.44. The molecule has 0 spiro atoms. The van der Waals surface area contributed by atoms with Crippen LogP contribution in [0.2, 0.25) is 5.02 Å². The summed E-state index contributed by atoms with van der Waals surface area (Å²) in [6.07, 6.45) is 1.26. The second-order valence-corrected chi connectivity index (χ2v) is 9.37. The fourth-order valence-electron chi connectivity index (χ4n) is 4.05. The van der Waals surface area contributed by atoms with Gasteiger partial charge in [0.2, 0.25) is 11.8 Å². The number of anilines is 1. The van der Waals surface area contributed by atoms with Gasteiger partial charge >= 0.3 is 0 Å². The third-order valence-electron chi connectivity index (χ3n) is 5.59. The number of nitrogens with one attached hydrogen (secondary N) is 1. The van der Waals surface area contributed by atoms with E-state index < -0.39 is 12.0 Å². The molecular weight excluding hydrogens is 406 g/mol. The molecule has 2 heterocycles. The number of rotatable bonds is 4. The standard InChI is InChI=1S/C22H20ClN3O2S/c1-22-10-9-20(27)26(22)19(13-29-22)21(28)25-15-7-8-16(18(23)11-15)17(12-24)14-5-3-2-4-6-14/h2-8,11,17,19H,9-10,13H2,1H3,(H,25,28). The maximum Gasteiger partial charge on any atom is 0.248 e. The summed E-state index contributed by atoms with van der Waals surface area (Å²) in [7, 11) is 0. The molecule has 1 N–H and O–H groups in total. The van der Waals surface area contributed by atoms with Gasteiger partial charge in [-0.2, -0.15) is 5.26 Å². The van der Waals surface area contributed by atoms with E-state index in [1.165, 1.54) is 0 Å². The van der Waals surface area contributed by atoms with E-state index in [0.717, 1.165) is 12.0 Å². The predicted octanol–water partition coefficient (Wildman–Crippen LogP) is 4.39. The smallest absolute Gasteiger partial charge is 0.248 e. The van der Waals surface area contributed by atoms with E-state index in [9.17, 15) is 14.9 Å². The summed E-state index contributed by atoms with van der Waals surface area (Å²) in [6, 6.07) is 16.4. The minimum Gasteiger partial charge on any atom is -0.324 e. The van der Waals surface area contributed by atoms with Gasteiger partial charge in [-0.3, -0.25) is 9.59 Å². The van der Waals surface area contributed by atoms with Gasteiger partial charge in [0.1, 0.15) is 6.04 Å². The molecule has 2 aliphatic heterocycles. The van der Waals surface area contributed by atoms with Crippen LogP contribution in [0.15, 0.2) is 48.5 Å². The second-order valence-electron chi connectivity index (χ2n) is 7.46. The number of carbonyl (C=O) groups is 2. The summed E-state index contributed by atoms with van der Waals surface area (Å²) in [5.74, 6) is -0.0710. The van der Waals surface area contributed by atoms with Crippen LogP contribution in [0, 0.1) is 11.3 Å². The lowest BCUT2D eigenvalue weighted by atomic mass is 9.92. The van der Waals surface area contributed by atoms with Crippen molar-refractivity contribution < 1.29 is 9.59 Å². The molecule has 2 fully saturated rings. The Bertz CT molecular complexity index is 1010. The van der Waals surface area contributed by atoms with E-state index >= 15 is 0 Å². The highest BCUT2D eigenvalue weighted by molar-refractivity contribution is 8.01. The van der Waals surface area contributed by atoms with Crippen LogP contribution in [-0.2, 0) is 9.59 Å². The van der Waals surface area contributed by atoms with Crippen molar-refractivity contribution in [3.05, 3.63) is 64.7 Å². The number of fused-ring (bicyclic) bond motifs is 1. The zero-order chi connectivity index (χ0) is 20.6. The number of carbonyl (C=O) groups excluding carboxylic acids is 2. The lowest BCUT2D eigenvalue weighted by Gasteiger charge is -2.29. The molecule has 4 rings (SSSR count). The molecule has 2 aliphatic rings. The molecule has 0 radical (unpaired) electrons. The Hall–Kier alpha value is -2.49. The minimum atomic E-state index is -0.484. The topological polar surface area (TPSA) is 73.2 Å². The number of benzene rings is 2. The van der Waals surface area contributed by atoms with E-state index in [1.807, 2.05) is 37.3 Å². The largest absolute Gasteiger partial charge is 0.324 e. The summed E-state index contributed by atoms with van der Waals surface area (Å²) in [5.41, 5.74) is 2.11. The molecule has 0 saturated carbocycles. The Kier molecular flexibility index (Phi) is 5.28.